The van der Waals surface area contributed by atoms with Gasteiger partial charge in [0.2, 0.25) is 0 Å². The highest BCUT2D eigenvalue weighted by Gasteiger charge is 2.32. The summed E-state index contributed by atoms with van der Waals surface area (Å²) in [6.07, 6.45) is 2.65. The maximum atomic E-state index is 13.1. The van der Waals surface area contributed by atoms with Crippen LogP contribution in [0.1, 0.15) is 24.8 Å². The van der Waals surface area contributed by atoms with E-state index in [1.165, 1.54) is 18.2 Å². The Bertz CT molecular complexity index is 467. The van der Waals surface area contributed by atoms with Crippen molar-refractivity contribution in [1.29, 1.82) is 0 Å². The van der Waals surface area contributed by atoms with Crippen LogP contribution in [-0.2, 0) is 11.3 Å². The van der Waals surface area contributed by atoms with Gasteiger partial charge in [-0.1, -0.05) is 18.0 Å². The largest absolute Gasteiger partial charge is 0.481 e. The third kappa shape index (κ3) is 3.67. The Morgan fingerprint density at radius 3 is 3.00 bits per heavy atom. The molecule has 2 rings (SSSR count). The van der Waals surface area contributed by atoms with Crippen LogP contribution < -0.4 is 5.32 Å². The highest BCUT2D eigenvalue weighted by atomic mass is 35.5. The number of benzene rings is 1. The molecular formula is C14H17ClFNO2. The average Bonchev–Trinajstić information content (AvgIpc) is 2.82. The smallest absolute Gasteiger partial charge is 0.306 e. The number of rotatable bonds is 5. The number of halogens is 2. The predicted molar refractivity (Wildman–Crippen MR) is 71.6 cm³/mol. The van der Waals surface area contributed by atoms with Crippen molar-refractivity contribution < 1.29 is 14.3 Å². The molecule has 3 nitrogen and oxygen atoms in total. The molecule has 0 radical (unpaired) electrons. The van der Waals surface area contributed by atoms with Crippen molar-refractivity contribution in [1.82, 2.24) is 5.32 Å². The lowest BCUT2D eigenvalue weighted by atomic mass is 9.96. The zero-order valence-corrected chi connectivity index (χ0v) is 11.3. The van der Waals surface area contributed by atoms with Crippen LogP contribution in [0.3, 0.4) is 0 Å². The summed E-state index contributed by atoms with van der Waals surface area (Å²) in [7, 11) is 0. The molecule has 2 atom stereocenters. The second kappa shape index (κ2) is 6.35. The van der Waals surface area contributed by atoms with Gasteiger partial charge in [0.15, 0.2) is 0 Å². The fourth-order valence-corrected chi connectivity index (χ4v) is 2.86. The SMILES string of the molecule is O=C(O)C1CCCC1CNCc1cc(F)ccc1Cl. The third-order valence-corrected chi connectivity index (χ3v) is 4.07. The van der Waals surface area contributed by atoms with Gasteiger partial charge >= 0.3 is 5.97 Å². The van der Waals surface area contributed by atoms with Gasteiger partial charge in [-0.3, -0.25) is 4.79 Å². The molecule has 0 amide bonds. The maximum Gasteiger partial charge on any atom is 0.306 e. The molecule has 1 aromatic carbocycles. The van der Waals surface area contributed by atoms with Crippen LogP contribution in [-0.4, -0.2) is 17.6 Å². The van der Waals surface area contributed by atoms with E-state index in [2.05, 4.69) is 5.32 Å². The van der Waals surface area contributed by atoms with Gasteiger partial charge in [-0.05, 0) is 49.1 Å². The standard InChI is InChI=1S/C14H17ClFNO2/c15-13-5-4-11(16)6-10(13)8-17-7-9-2-1-3-12(9)14(18)19/h4-6,9,12,17H,1-3,7-8H2,(H,18,19). The van der Waals surface area contributed by atoms with E-state index >= 15 is 0 Å². The molecule has 0 saturated heterocycles. The van der Waals surface area contributed by atoms with Crippen molar-refractivity contribution in [3.05, 3.63) is 34.6 Å². The minimum atomic E-state index is -0.715. The average molecular weight is 286 g/mol. The summed E-state index contributed by atoms with van der Waals surface area (Å²) in [5.41, 5.74) is 0.700. The van der Waals surface area contributed by atoms with E-state index in [4.69, 9.17) is 16.7 Å². The van der Waals surface area contributed by atoms with E-state index in [1.54, 1.807) is 0 Å². The lowest BCUT2D eigenvalue weighted by Crippen LogP contribution is -2.28. The van der Waals surface area contributed by atoms with Gasteiger partial charge in [-0.2, -0.15) is 0 Å². The first-order valence-electron chi connectivity index (χ1n) is 6.45. The van der Waals surface area contributed by atoms with E-state index in [1.807, 2.05) is 0 Å². The van der Waals surface area contributed by atoms with Gasteiger partial charge in [-0.15, -0.1) is 0 Å². The Hall–Kier alpha value is -1.13. The van der Waals surface area contributed by atoms with E-state index in [0.717, 1.165) is 19.3 Å². The molecule has 0 aliphatic heterocycles. The van der Waals surface area contributed by atoms with E-state index in [0.29, 0.717) is 23.7 Å². The summed E-state index contributed by atoms with van der Waals surface area (Å²) in [4.78, 5) is 11.0. The van der Waals surface area contributed by atoms with E-state index in [-0.39, 0.29) is 17.7 Å². The van der Waals surface area contributed by atoms with Crippen LogP contribution in [0.15, 0.2) is 18.2 Å². The normalized spacial score (nSPS) is 22.6. The van der Waals surface area contributed by atoms with Crippen molar-refractivity contribution in [2.45, 2.75) is 25.8 Å². The van der Waals surface area contributed by atoms with E-state index < -0.39 is 5.97 Å². The molecule has 0 heterocycles. The van der Waals surface area contributed by atoms with Crippen LogP contribution >= 0.6 is 11.6 Å². The summed E-state index contributed by atoms with van der Waals surface area (Å²) in [5, 5.41) is 12.8. The maximum absolute atomic E-state index is 13.1. The van der Waals surface area contributed by atoms with Gasteiger partial charge < -0.3 is 10.4 Å². The first kappa shape index (κ1) is 14.3. The van der Waals surface area contributed by atoms with Gasteiger partial charge in [0.25, 0.3) is 0 Å². The molecule has 104 valence electrons. The third-order valence-electron chi connectivity index (χ3n) is 3.71. The lowest BCUT2D eigenvalue weighted by molar-refractivity contribution is -0.142. The minimum Gasteiger partial charge on any atom is -0.481 e. The lowest BCUT2D eigenvalue weighted by Gasteiger charge is -2.16. The second-order valence-corrected chi connectivity index (χ2v) is 5.41. The topological polar surface area (TPSA) is 49.3 Å². The number of hydrogen-bond acceptors (Lipinski definition) is 2. The zero-order valence-electron chi connectivity index (χ0n) is 10.5. The summed E-state index contributed by atoms with van der Waals surface area (Å²) < 4.78 is 13.1. The fourth-order valence-electron chi connectivity index (χ4n) is 2.68. The van der Waals surface area contributed by atoms with Crippen LogP contribution in [0.2, 0.25) is 5.02 Å². The number of carboxylic acid groups (broad SMARTS) is 1. The number of nitrogens with one attached hydrogen (secondary N) is 1. The molecule has 1 aliphatic carbocycles. The van der Waals surface area contributed by atoms with Crippen LogP contribution in [0.4, 0.5) is 4.39 Å². The molecule has 0 aromatic heterocycles. The van der Waals surface area contributed by atoms with Crippen molar-refractivity contribution in [3.63, 3.8) is 0 Å². The molecule has 1 saturated carbocycles. The fraction of sp³-hybridized carbons (Fsp3) is 0.500. The highest BCUT2D eigenvalue weighted by molar-refractivity contribution is 6.31. The number of carboxylic acids is 1. The molecule has 0 spiro atoms. The molecule has 19 heavy (non-hydrogen) atoms. The zero-order chi connectivity index (χ0) is 13.8. The Balaban J connectivity index is 1.86. The van der Waals surface area contributed by atoms with Gasteiger partial charge in [-0.25, -0.2) is 4.39 Å². The summed E-state index contributed by atoms with van der Waals surface area (Å²) in [6.45, 7) is 1.09. The van der Waals surface area contributed by atoms with E-state index in [9.17, 15) is 9.18 Å². The summed E-state index contributed by atoms with van der Waals surface area (Å²) in [5.74, 6) is -1.13. The first-order valence-corrected chi connectivity index (χ1v) is 6.83. The molecule has 2 unspecified atom stereocenters. The Labute approximate surface area is 116 Å². The predicted octanol–water partition coefficient (Wildman–Crippen LogP) is 3.07. The van der Waals surface area contributed by atoms with Crippen molar-refractivity contribution in [2.75, 3.05) is 6.54 Å². The van der Waals surface area contributed by atoms with Crippen LogP contribution in [0.25, 0.3) is 0 Å². The molecule has 5 heteroatoms. The van der Waals surface area contributed by atoms with Gasteiger partial charge in [0, 0.05) is 11.6 Å². The minimum absolute atomic E-state index is 0.157. The number of carbonyl (C=O) groups is 1. The molecule has 0 bridgehead atoms. The van der Waals surface area contributed by atoms with Gasteiger partial charge in [0.1, 0.15) is 5.82 Å². The first-order chi connectivity index (χ1) is 9.08. The quantitative estimate of drug-likeness (QED) is 0.874. The van der Waals surface area contributed by atoms with Crippen molar-refractivity contribution >= 4 is 17.6 Å². The summed E-state index contributed by atoms with van der Waals surface area (Å²) in [6, 6.07) is 4.26. The monoisotopic (exact) mass is 285 g/mol. The highest BCUT2D eigenvalue weighted by Crippen LogP contribution is 2.31. The van der Waals surface area contributed by atoms with Crippen LogP contribution in [0.5, 0.6) is 0 Å². The number of hydrogen-bond donors (Lipinski definition) is 2. The Morgan fingerprint density at radius 2 is 2.26 bits per heavy atom. The van der Waals surface area contributed by atoms with Gasteiger partial charge in [0.05, 0.1) is 5.92 Å². The molecule has 2 N–H and O–H groups in total. The van der Waals surface area contributed by atoms with Crippen molar-refractivity contribution in [2.24, 2.45) is 11.8 Å². The Kier molecular flexibility index (Phi) is 4.77. The summed E-state index contributed by atoms with van der Waals surface area (Å²) >= 11 is 5.97. The molecule has 1 aromatic rings. The molecule has 1 fully saturated rings. The Morgan fingerprint density at radius 1 is 1.47 bits per heavy atom. The van der Waals surface area contributed by atoms with Crippen molar-refractivity contribution in [3.8, 4) is 0 Å². The molecule has 1 aliphatic rings. The second-order valence-electron chi connectivity index (χ2n) is 5.00. The number of aliphatic carboxylic acids is 1. The van der Waals surface area contributed by atoms with Crippen LogP contribution in [0, 0.1) is 17.7 Å². The molecular weight excluding hydrogens is 269 g/mol.